The summed E-state index contributed by atoms with van der Waals surface area (Å²) in [4.78, 5) is 5.35. The molecule has 3 aromatic rings. The van der Waals surface area contributed by atoms with Crippen molar-refractivity contribution < 1.29 is 22.1 Å². The third-order valence-corrected chi connectivity index (χ3v) is 7.60. The molecule has 1 aromatic heterocycles. The summed E-state index contributed by atoms with van der Waals surface area (Å²) in [6.07, 6.45) is 4.03. The highest BCUT2D eigenvalue weighted by Crippen LogP contribution is 2.48. The van der Waals surface area contributed by atoms with Crippen molar-refractivity contribution >= 4 is 32.5 Å². The fraction of sp³-hybridized carbons (Fsp3) is 0.423. The van der Waals surface area contributed by atoms with Crippen LogP contribution in [0.2, 0.25) is 0 Å². The van der Waals surface area contributed by atoms with E-state index in [2.05, 4.69) is 24.3 Å². The molecule has 0 spiro atoms. The minimum absolute atomic E-state index is 0.298. The topological polar surface area (TPSA) is 84.1 Å². The number of oxime groups is 1. The molecule has 0 unspecified atom stereocenters. The van der Waals surface area contributed by atoms with Crippen LogP contribution >= 0.6 is 0 Å². The van der Waals surface area contributed by atoms with Crippen molar-refractivity contribution in [2.45, 2.75) is 39.0 Å². The molecule has 2 heterocycles. The van der Waals surface area contributed by atoms with Gasteiger partial charge in [0.2, 0.25) is 10.0 Å². The van der Waals surface area contributed by atoms with Gasteiger partial charge in [-0.15, -0.1) is 0 Å². The lowest BCUT2D eigenvalue weighted by molar-refractivity contribution is 0.136. The highest BCUT2D eigenvalue weighted by atomic mass is 32.2. The summed E-state index contributed by atoms with van der Waals surface area (Å²) in [5.41, 5.74) is 3.64. The fourth-order valence-electron chi connectivity index (χ4n) is 4.46. The minimum atomic E-state index is -3.50. The first-order valence-electron chi connectivity index (χ1n) is 12.0. The Bertz CT molecular complexity index is 1380. The first kappa shape index (κ1) is 23.7. The molecule has 0 bridgehead atoms. The van der Waals surface area contributed by atoms with Crippen molar-refractivity contribution in [2.24, 2.45) is 11.1 Å². The third kappa shape index (κ3) is 4.87. The van der Waals surface area contributed by atoms with Crippen LogP contribution in [-0.4, -0.2) is 40.2 Å². The molecular formula is C26H30FN3O4S. The lowest BCUT2D eigenvalue weighted by Crippen LogP contribution is -2.32. The normalized spacial score (nSPS) is 16.2. The SMILES string of the molecule is CC(C)CCN(c1cc2oc(-c3ccc(F)cc3)c(C3=NOCCN3)c2cc1C1CC1)S(C)(=O)=O. The second-order valence-corrected chi connectivity index (χ2v) is 11.6. The Kier molecular flexibility index (Phi) is 6.21. The lowest BCUT2D eigenvalue weighted by atomic mass is 10.00. The quantitative estimate of drug-likeness (QED) is 0.460. The molecule has 9 heteroatoms. The van der Waals surface area contributed by atoms with Crippen LogP contribution < -0.4 is 9.62 Å². The van der Waals surface area contributed by atoms with Gasteiger partial charge in [-0.25, -0.2) is 12.8 Å². The van der Waals surface area contributed by atoms with Gasteiger partial charge in [0, 0.05) is 23.6 Å². The van der Waals surface area contributed by atoms with Gasteiger partial charge in [-0.2, -0.15) is 0 Å². The predicted molar refractivity (Wildman–Crippen MR) is 136 cm³/mol. The standard InChI is InChI=1S/C26H30FN3O4S/c1-16(2)10-12-30(35(3,31)32)22-15-23-21(14-20(22)17-4-5-17)24(26-28-11-13-33-29-26)25(34-23)18-6-8-19(27)9-7-18/h6-9,14-17H,4-5,10-13H2,1-3H3,(H,28,29). The molecular weight excluding hydrogens is 469 g/mol. The predicted octanol–water partition coefficient (Wildman–Crippen LogP) is 5.21. The summed E-state index contributed by atoms with van der Waals surface area (Å²) >= 11 is 0. The van der Waals surface area contributed by atoms with Crippen molar-refractivity contribution in [1.82, 2.24) is 5.32 Å². The smallest absolute Gasteiger partial charge is 0.232 e. The molecule has 5 rings (SSSR count). The van der Waals surface area contributed by atoms with Crippen molar-refractivity contribution in [3.05, 3.63) is 53.3 Å². The molecule has 1 aliphatic heterocycles. The van der Waals surface area contributed by atoms with Crippen molar-refractivity contribution in [1.29, 1.82) is 0 Å². The second kappa shape index (κ2) is 9.18. The van der Waals surface area contributed by atoms with Gasteiger partial charge in [-0.05, 0) is 67.0 Å². The number of amidine groups is 1. The fourth-order valence-corrected chi connectivity index (χ4v) is 5.41. The van der Waals surface area contributed by atoms with E-state index in [1.165, 1.54) is 22.7 Å². The van der Waals surface area contributed by atoms with E-state index >= 15 is 0 Å². The molecule has 7 nitrogen and oxygen atoms in total. The van der Waals surface area contributed by atoms with Gasteiger partial charge in [0.25, 0.3) is 0 Å². The Balaban J connectivity index is 1.74. The van der Waals surface area contributed by atoms with Crippen LogP contribution in [0.3, 0.4) is 0 Å². The highest BCUT2D eigenvalue weighted by molar-refractivity contribution is 7.92. The molecule has 1 aliphatic carbocycles. The van der Waals surface area contributed by atoms with Gasteiger partial charge in [-0.1, -0.05) is 19.0 Å². The lowest BCUT2D eigenvalue weighted by Gasteiger charge is -2.26. The van der Waals surface area contributed by atoms with Crippen molar-refractivity contribution in [3.8, 4) is 11.3 Å². The van der Waals surface area contributed by atoms with E-state index in [0.717, 1.165) is 35.8 Å². The van der Waals surface area contributed by atoms with Gasteiger partial charge in [0.15, 0.2) is 5.84 Å². The summed E-state index contributed by atoms with van der Waals surface area (Å²) < 4.78 is 47.2. The Morgan fingerprint density at radius 1 is 1.20 bits per heavy atom. The number of sulfonamides is 1. The third-order valence-electron chi connectivity index (χ3n) is 6.42. The molecule has 2 aliphatic rings. The first-order chi connectivity index (χ1) is 16.7. The second-order valence-electron chi connectivity index (χ2n) is 9.71. The Morgan fingerprint density at radius 2 is 1.94 bits per heavy atom. The molecule has 0 atom stereocenters. The number of hydrogen-bond acceptors (Lipinski definition) is 6. The Morgan fingerprint density at radius 3 is 2.54 bits per heavy atom. The number of hydrogen-bond donors (Lipinski definition) is 1. The molecule has 1 fully saturated rings. The number of rotatable bonds is 8. The maximum absolute atomic E-state index is 13.6. The average molecular weight is 500 g/mol. The molecule has 2 aromatic carbocycles. The highest BCUT2D eigenvalue weighted by Gasteiger charge is 2.33. The van der Waals surface area contributed by atoms with Gasteiger partial charge < -0.3 is 14.6 Å². The van der Waals surface area contributed by atoms with E-state index in [9.17, 15) is 12.8 Å². The molecule has 35 heavy (non-hydrogen) atoms. The van der Waals surface area contributed by atoms with E-state index < -0.39 is 10.0 Å². The molecule has 0 saturated heterocycles. The number of anilines is 1. The zero-order valence-electron chi connectivity index (χ0n) is 20.2. The minimum Gasteiger partial charge on any atom is -0.455 e. The number of fused-ring (bicyclic) bond motifs is 1. The number of nitrogens with zero attached hydrogens (tertiary/aromatic N) is 2. The van der Waals surface area contributed by atoms with Crippen LogP contribution in [0.5, 0.6) is 0 Å². The summed E-state index contributed by atoms with van der Waals surface area (Å²) in [5.74, 6) is 1.40. The van der Waals surface area contributed by atoms with Gasteiger partial charge in [-0.3, -0.25) is 4.31 Å². The van der Waals surface area contributed by atoms with Crippen molar-refractivity contribution in [2.75, 3.05) is 30.3 Å². The maximum Gasteiger partial charge on any atom is 0.232 e. The van der Waals surface area contributed by atoms with E-state index in [1.807, 2.05) is 12.1 Å². The van der Waals surface area contributed by atoms with Gasteiger partial charge >= 0.3 is 0 Å². The van der Waals surface area contributed by atoms with Crippen LogP contribution in [-0.2, 0) is 14.9 Å². The molecule has 0 amide bonds. The zero-order chi connectivity index (χ0) is 24.7. The maximum atomic E-state index is 13.6. The molecule has 1 N–H and O–H groups in total. The number of furan rings is 1. The first-order valence-corrected chi connectivity index (χ1v) is 13.9. The zero-order valence-corrected chi connectivity index (χ0v) is 21.0. The number of nitrogens with one attached hydrogen (secondary N) is 1. The van der Waals surface area contributed by atoms with Gasteiger partial charge in [0.05, 0.1) is 24.1 Å². The van der Waals surface area contributed by atoms with Gasteiger partial charge in [0.1, 0.15) is 23.8 Å². The average Bonchev–Trinajstić information content (AvgIpc) is 3.59. The summed E-state index contributed by atoms with van der Waals surface area (Å²) in [5, 5.41) is 8.33. The van der Waals surface area contributed by atoms with Crippen LogP contribution in [0.1, 0.15) is 50.2 Å². The van der Waals surface area contributed by atoms with E-state index in [0.29, 0.717) is 60.0 Å². The molecule has 1 saturated carbocycles. The Hall–Kier alpha value is -3.07. The Labute approximate surface area is 205 Å². The van der Waals surface area contributed by atoms with Crippen LogP contribution in [0.15, 0.2) is 46.0 Å². The summed E-state index contributed by atoms with van der Waals surface area (Å²) in [6, 6.07) is 9.98. The molecule has 0 radical (unpaired) electrons. The number of benzene rings is 2. The monoisotopic (exact) mass is 499 g/mol. The van der Waals surface area contributed by atoms with Crippen LogP contribution in [0.25, 0.3) is 22.3 Å². The van der Waals surface area contributed by atoms with E-state index in [-0.39, 0.29) is 5.82 Å². The van der Waals surface area contributed by atoms with Crippen molar-refractivity contribution in [3.63, 3.8) is 0 Å². The van der Waals surface area contributed by atoms with Crippen LogP contribution in [0, 0.1) is 11.7 Å². The van der Waals surface area contributed by atoms with E-state index in [4.69, 9.17) is 9.25 Å². The van der Waals surface area contributed by atoms with E-state index in [1.54, 1.807) is 12.1 Å². The largest absolute Gasteiger partial charge is 0.455 e. The summed E-state index contributed by atoms with van der Waals surface area (Å²) in [7, 11) is -3.50. The summed E-state index contributed by atoms with van der Waals surface area (Å²) in [6.45, 7) is 5.63. The number of halogens is 1. The van der Waals surface area contributed by atoms with Crippen LogP contribution in [0.4, 0.5) is 10.1 Å². The molecule has 186 valence electrons.